The SMILES string of the molecule is Cc1cccc(CC(CCl)Cc2nnn(C)n2)c1. The Hall–Kier alpha value is -1.42. The van der Waals surface area contributed by atoms with E-state index in [4.69, 9.17) is 11.6 Å². The summed E-state index contributed by atoms with van der Waals surface area (Å²) < 4.78 is 0. The lowest BCUT2D eigenvalue weighted by molar-refractivity contribution is 0.560. The molecule has 2 rings (SSSR count). The minimum Gasteiger partial charge on any atom is -0.167 e. The van der Waals surface area contributed by atoms with Gasteiger partial charge in [-0.15, -0.1) is 21.8 Å². The average Bonchev–Trinajstić information content (AvgIpc) is 2.74. The molecule has 18 heavy (non-hydrogen) atoms. The summed E-state index contributed by atoms with van der Waals surface area (Å²) in [5.74, 6) is 1.71. The summed E-state index contributed by atoms with van der Waals surface area (Å²) in [6.45, 7) is 2.10. The lowest BCUT2D eigenvalue weighted by Crippen LogP contribution is -2.11. The highest BCUT2D eigenvalue weighted by Crippen LogP contribution is 2.15. The van der Waals surface area contributed by atoms with Crippen molar-refractivity contribution in [3.63, 3.8) is 0 Å². The van der Waals surface area contributed by atoms with Gasteiger partial charge in [0.25, 0.3) is 0 Å². The summed E-state index contributed by atoms with van der Waals surface area (Å²) in [5.41, 5.74) is 2.59. The van der Waals surface area contributed by atoms with Crippen LogP contribution in [0, 0.1) is 12.8 Å². The fourth-order valence-corrected chi connectivity index (χ4v) is 2.24. The molecular formula is C13H17ClN4. The number of benzene rings is 1. The van der Waals surface area contributed by atoms with E-state index in [0.717, 1.165) is 18.7 Å². The quantitative estimate of drug-likeness (QED) is 0.778. The highest BCUT2D eigenvalue weighted by Gasteiger charge is 2.13. The number of alkyl halides is 1. The van der Waals surface area contributed by atoms with Gasteiger partial charge in [-0.05, 0) is 30.0 Å². The molecule has 0 bridgehead atoms. The second-order valence-corrected chi connectivity index (χ2v) is 4.92. The Bertz CT molecular complexity index is 509. The molecule has 0 aliphatic rings. The molecule has 2 aromatic rings. The highest BCUT2D eigenvalue weighted by atomic mass is 35.5. The Morgan fingerprint density at radius 1 is 1.33 bits per heavy atom. The average molecular weight is 265 g/mol. The highest BCUT2D eigenvalue weighted by molar-refractivity contribution is 6.18. The summed E-state index contributed by atoms with van der Waals surface area (Å²) in [6.07, 6.45) is 1.72. The lowest BCUT2D eigenvalue weighted by atomic mass is 9.97. The van der Waals surface area contributed by atoms with Crippen molar-refractivity contribution < 1.29 is 0 Å². The van der Waals surface area contributed by atoms with Crippen molar-refractivity contribution in [2.24, 2.45) is 13.0 Å². The number of aryl methyl sites for hydroxylation is 2. The van der Waals surface area contributed by atoms with Gasteiger partial charge in [-0.2, -0.15) is 4.80 Å². The van der Waals surface area contributed by atoms with Crippen LogP contribution in [0.3, 0.4) is 0 Å². The van der Waals surface area contributed by atoms with E-state index in [-0.39, 0.29) is 0 Å². The molecule has 0 fully saturated rings. The largest absolute Gasteiger partial charge is 0.175 e. The number of nitrogens with zero attached hydrogens (tertiary/aromatic N) is 4. The van der Waals surface area contributed by atoms with Crippen molar-refractivity contribution in [2.75, 3.05) is 5.88 Å². The topological polar surface area (TPSA) is 43.6 Å². The van der Waals surface area contributed by atoms with Crippen LogP contribution in [0.25, 0.3) is 0 Å². The second kappa shape index (κ2) is 5.96. The maximum absolute atomic E-state index is 6.03. The van der Waals surface area contributed by atoms with Crippen LogP contribution in [0.15, 0.2) is 24.3 Å². The molecule has 0 radical (unpaired) electrons. The third kappa shape index (κ3) is 3.53. The summed E-state index contributed by atoms with van der Waals surface area (Å²) in [6, 6.07) is 8.51. The first-order valence-corrected chi connectivity index (χ1v) is 6.55. The Balaban J connectivity index is 2.01. The summed E-state index contributed by atoms with van der Waals surface area (Å²) in [7, 11) is 1.77. The molecule has 96 valence electrons. The molecule has 0 aliphatic carbocycles. The van der Waals surface area contributed by atoms with Gasteiger partial charge in [-0.25, -0.2) is 0 Å². The van der Waals surface area contributed by atoms with E-state index in [0.29, 0.717) is 11.8 Å². The third-order valence-corrected chi connectivity index (χ3v) is 3.28. The second-order valence-electron chi connectivity index (χ2n) is 4.61. The summed E-state index contributed by atoms with van der Waals surface area (Å²) in [5, 5.41) is 12.0. The molecule has 1 aromatic carbocycles. The molecule has 4 nitrogen and oxygen atoms in total. The van der Waals surface area contributed by atoms with Crippen molar-refractivity contribution in [1.82, 2.24) is 20.2 Å². The molecule has 0 spiro atoms. The Morgan fingerprint density at radius 2 is 2.17 bits per heavy atom. The van der Waals surface area contributed by atoms with E-state index in [9.17, 15) is 0 Å². The van der Waals surface area contributed by atoms with Crippen molar-refractivity contribution in [1.29, 1.82) is 0 Å². The zero-order valence-electron chi connectivity index (χ0n) is 10.7. The van der Waals surface area contributed by atoms with E-state index < -0.39 is 0 Å². The smallest absolute Gasteiger partial charge is 0.167 e. The third-order valence-electron chi connectivity index (χ3n) is 2.85. The predicted molar refractivity (Wildman–Crippen MR) is 71.6 cm³/mol. The number of rotatable bonds is 5. The van der Waals surface area contributed by atoms with Gasteiger partial charge in [-0.1, -0.05) is 29.8 Å². The van der Waals surface area contributed by atoms with Crippen LogP contribution >= 0.6 is 11.6 Å². The Labute approximate surface area is 112 Å². The van der Waals surface area contributed by atoms with Crippen LogP contribution < -0.4 is 0 Å². The molecule has 0 saturated heterocycles. The maximum atomic E-state index is 6.03. The molecule has 0 N–H and O–H groups in total. The first kappa shape index (κ1) is 13.0. The summed E-state index contributed by atoms with van der Waals surface area (Å²) in [4.78, 5) is 1.48. The fraction of sp³-hybridized carbons (Fsp3) is 0.462. The first-order valence-electron chi connectivity index (χ1n) is 6.01. The number of hydrogen-bond acceptors (Lipinski definition) is 3. The van der Waals surface area contributed by atoms with E-state index in [1.54, 1.807) is 7.05 Å². The number of tetrazole rings is 1. The molecule has 1 aromatic heterocycles. The van der Waals surface area contributed by atoms with Crippen LogP contribution in [0.2, 0.25) is 0 Å². The monoisotopic (exact) mass is 264 g/mol. The number of aromatic nitrogens is 4. The van der Waals surface area contributed by atoms with Crippen LogP contribution in [0.4, 0.5) is 0 Å². The molecule has 0 aliphatic heterocycles. The van der Waals surface area contributed by atoms with E-state index in [1.807, 2.05) is 0 Å². The van der Waals surface area contributed by atoms with Gasteiger partial charge in [0, 0.05) is 12.3 Å². The fourth-order valence-electron chi connectivity index (χ4n) is 2.02. The van der Waals surface area contributed by atoms with Crippen molar-refractivity contribution >= 4 is 11.6 Å². The molecule has 1 unspecified atom stereocenters. The normalized spacial score (nSPS) is 12.6. The minimum atomic E-state index is 0.345. The van der Waals surface area contributed by atoms with Crippen molar-refractivity contribution in [3.05, 3.63) is 41.2 Å². The molecule has 0 amide bonds. The zero-order valence-corrected chi connectivity index (χ0v) is 11.4. The van der Waals surface area contributed by atoms with E-state index in [1.165, 1.54) is 15.9 Å². The molecule has 1 atom stereocenters. The minimum absolute atomic E-state index is 0.345. The molecular weight excluding hydrogens is 248 g/mol. The Kier molecular flexibility index (Phi) is 4.31. The van der Waals surface area contributed by atoms with Gasteiger partial charge in [0.15, 0.2) is 5.82 Å². The lowest BCUT2D eigenvalue weighted by Gasteiger charge is -2.12. The van der Waals surface area contributed by atoms with Gasteiger partial charge in [-0.3, -0.25) is 0 Å². The van der Waals surface area contributed by atoms with Gasteiger partial charge in [0.1, 0.15) is 0 Å². The van der Waals surface area contributed by atoms with Gasteiger partial charge in [0.05, 0.1) is 7.05 Å². The molecule has 0 saturated carbocycles. The van der Waals surface area contributed by atoms with Gasteiger partial charge >= 0.3 is 0 Å². The molecule has 1 heterocycles. The standard InChI is InChI=1S/C13H17ClN4/c1-10-4-3-5-11(6-10)7-12(9-14)8-13-15-17-18(2)16-13/h3-6,12H,7-9H2,1-2H3. The molecule has 5 heteroatoms. The zero-order chi connectivity index (χ0) is 13.0. The summed E-state index contributed by atoms with van der Waals surface area (Å²) >= 11 is 6.03. The van der Waals surface area contributed by atoms with E-state index >= 15 is 0 Å². The van der Waals surface area contributed by atoms with Gasteiger partial charge in [0.2, 0.25) is 0 Å². The number of halogens is 1. The van der Waals surface area contributed by atoms with Crippen LogP contribution in [-0.4, -0.2) is 26.1 Å². The van der Waals surface area contributed by atoms with Crippen LogP contribution in [-0.2, 0) is 19.9 Å². The van der Waals surface area contributed by atoms with Crippen molar-refractivity contribution in [2.45, 2.75) is 19.8 Å². The first-order chi connectivity index (χ1) is 8.67. The van der Waals surface area contributed by atoms with Crippen LogP contribution in [0.5, 0.6) is 0 Å². The number of hydrogen-bond donors (Lipinski definition) is 0. The maximum Gasteiger partial charge on any atom is 0.175 e. The van der Waals surface area contributed by atoms with Crippen molar-refractivity contribution in [3.8, 4) is 0 Å². The van der Waals surface area contributed by atoms with E-state index in [2.05, 4.69) is 46.6 Å². The van der Waals surface area contributed by atoms with Crippen LogP contribution in [0.1, 0.15) is 17.0 Å². The predicted octanol–water partition coefficient (Wildman–Crippen LogP) is 2.16. The Morgan fingerprint density at radius 3 is 2.78 bits per heavy atom. The van der Waals surface area contributed by atoms with Gasteiger partial charge < -0.3 is 0 Å².